The second-order valence-corrected chi connectivity index (χ2v) is 3.55. The van der Waals surface area contributed by atoms with Crippen LogP contribution in [0, 0.1) is 28.6 Å². The zero-order valence-corrected chi connectivity index (χ0v) is 9.50. The lowest BCUT2D eigenvalue weighted by Gasteiger charge is -2.05. The van der Waals surface area contributed by atoms with Gasteiger partial charge in [0.15, 0.2) is 0 Å². The Morgan fingerprint density at radius 2 is 2.06 bits per heavy atom. The van der Waals surface area contributed by atoms with Crippen molar-refractivity contribution in [3.8, 4) is 12.1 Å². The summed E-state index contributed by atoms with van der Waals surface area (Å²) >= 11 is 0. The van der Waals surface area contributed by atoms with Gasteiger partial charge in [-0.2, -0.15) is 15.6 Å². The number of hydrogen-bond donors (Lipinski definition) is 1. The number of benzene rings is 1. The Kier molecular flexibility index (Phi) is 5.92. The normalized spacial score (nSPS) is 11.6. The van der Waals surface area contributed by atoms with E-state index >= 15 is 0 Å². The number of nitrogens with zero attached hydrogens (tertiary/aromatic N) is 3. The van der Waals surface area contributed by atoms with Gasteiger partial charge in [0.25, 0.3) is 0 Å². The molecule has 4 nitrogen and oxygen atoms in total. The third kappa shape index (κ3) is 5.34. The van der Waals surface area contributed by atoms with E-state index in [1.54, 1.807) is 6.21 Å². The lowest BCUT2D eigenvalue weighted by atomic mass is 10.1. The van der Waals surface area contributed by atoms with E-state index < -0.39 is 0 Å². The summed E-state index contributed by atoms with van der Waals surface area (Å²) in [5.41, 5.74) is 3.84. The van der Waals surface area contributed by atoms with Gasteiger partial charge in [0.2, 0.25) is 0 Å². The molecule has 0 bridgehead atoms. The molecule has 0 saturated heterocycles. The van der Waals surface area contributed by atoms with Crippen LogP contribution in [0.2, 0.25) is 0 Å². The standard InChI is InChI=1S/C13H14N4/c14-8-4-7-13(9-15)11-17-16-10-12-5-2-1-3-6-12/h1-3,5-6,10,13,17H,4,7,11H2. The minimum absolute atomic E-state index is 0.164. The van der Waals surface area contributed by atoms with E-state index in [9.17, 15) is 0 Å². The summed E-state index contributed by atoms with van der Waals surface area (Å²) in [6, 6.07) is 13.9. The van der Waals surface area contributed by atoms with Gasteiger partial charge in [-0.25, -0.2) is 0 Å². The largest absolute Gasteiger partial charge is 0.309 e. The van der Waals surface area contributed by atoms with Gasteiger partial charge >= 0.3 is 0 Å². The first-order valence-electron chi connectivity index (χ1n) is 5.44. The van der Waals surface area contributed by atoms with Crippen LogP contribution < -0.4 is 5.43 Å². The minimum Gasteiger partial charge on any atom is -0.309 e. The molecule has 0 aliphatic heterocycles. The van der Waals surface area contributed by atoms with E-state index in [2.05, 4.69) is 16.6 Å². The van der Waals surface area contributed by atoms with Gasteiger partial charge in [-0.3, -0.25) is 0 Å². The lowest BCUT2D eigenvalue weighted by Crippen LogP contribution is -2.17. The van der Waals surface area contributed by atoms with E-state index in [0.29, 0.717) is 19.4 Å². The molecule has 1 N–H and O–H groups in total. The zero-order valence-electron chi connectivity index (χ0n) is 9.50. The van der Waals surface area contributed by atoms with Crippen molar-refractivity contribution < 1.29 is 0 Å². The molecule has 0 spiro atoms. The summed E-state index contributed by atoms with van der Waals surface area (Å²) in [7, 11) is 0. The van der Waals surface area contributed by atoms with Crippen LogP contribution in [0.1, 0.15) is 18.4 Å². The average molecular weight is 226 g/mol. The van der Waals surface area contributed by atoms with Crippen molar-refractivity contribution in [2.45, 2.75) is 12.8 Å². The number of rotatable bonds is 6. The lowest BCUT2D eigenvalue weighted by molar-refractivity contribution is 0.554. The van der Waals surface area contributed by atoms with Crippen molar-refractivity contribution >= 4 is 6.21 Å². The highest BCUT2D eigenvalue weighted by molar-refractivity contribution is 5.79. The topological polar surface area (TPSA) is 72.0 Å². The molecule has 0 heterocycles. The molecule has 0 fully saturated rings. The first-order chi connectivity index (χ1) is 8.36. The van der Waals surface area contributed by atoms with Gasteiger partial charge in [-0.05, 0) is 12.0 Å². The maximum absolute atomic E-state index is 8.82. The van der Waals surface area contributed by atoms with E-state index in [1.807, 2.05) is 36.4 Å². The van der Waals surface area contributed by atoms with Crippen molar-refractivity contribution in [3.05, 3.63) is 35.9 Å². The summed E-state index contributed by atoms with van der Waals surface area (Å²) in [6.45, 7) is 0.474. The van der Waals surface area contributed by atoms with E-state index in [-0.39, 0.29) is 5.92 Å². The quantitative estimate of drug-likeness (QED) is 0.596. The summed E-state index contributed by atoms with van der Waals surface area (Å²) in [4.78, 5) is 0. The molecule has 1 aromatic carbocycles. The van der Waals surface area contributed by atoms with Crippen LogP contribution in [0.25, 0.3) is 0 Å². The van der Waals surface area contributed by atoms with Crippen molar-refractivity contribution in [1.29, 1.82) is 10.5 Å². The maximum Gasteiger partial charge on any atom is 0.0675 e. The predicted octanol–water partition coefficient (Wildman–Crippen LogP) is 2.05. The molecule has 1 unspecified atom stereocenters. The number of nitrogens with one attached hydrogen (secondary N) is 1. The van der Waals surface area contributed by atoms with Gasteiger partial charge in [0.05, 0.1) is 24.3 Å². The zero-order chi connectivity index (χ0) is 12.3. The molecule has 4 heteroatoms. The number of hydrazone groups is 1. The third-order valence-corrected chi connectivity index (χ3v) is 2.23. The van der Waals surface area contributed by atoms with Crippen molar-refractivity contribution in [2.75, 3.05) is 6.54 Å². The highest BCUT2D eigenvalue weighted by atomic mass is 15.3. The Hall–Kier alpha value is -2.33. The van der Waals surface area contributed by atoms with Crippen LogP contribution in [-0.4, -0.2) is 12.8 Å². The highest BCUT2D eigenvalue weighted by Gasteiger charge is 2.05. The Morgan fingerprint density at radius 1 is 1.29 bits per heavy atom. The van der Waals surface area contributed by atoms with E-state index in [4.69, 9.17) is 10.5 Å². The second-order valence-electron chi connectivity index (χ2n) is 3.55. The fourth-order valence-electron chi connectivity index (χ4n) is 1.27. The molecule has 1 aromatic rings. The number of hydrogen-bond acceptors (Lipinski definition) is 4. The van der Waals surface area contributed by atoms with Crippen LogP contribution >= 0.6 is 0 Å². The smallest absolute Gasteiger partial charge is 0.0675 e. The van der Waals surface area contributed by atoms with E-state index in [1.165, 1.54) is 0 Å². The van der Waals surface area contributed by atoms with Crippen LogP contribution in [0.3, 0.4) is 0 Å². The van der Waals surface area contributed by atoms with Crippen LogP contribution in [0.4, 0.5) is 0 Å². The fourth-order valence-corrected chi connectivity index (χ4v) is 1.27. The predicted molar refractivity (Wildman–Crippen MR) is 66.0 cm³/mol. The Morgan fingerprint density at radius 3 is 2.71 bits per heavy atom. The molecular formula is C13H14N4. The van der Waals surface area contributed by atoms with Crippen LogP contribution in [0.15, 0.2) is 35.4 Å². The molecule has 17 heavy (non-hydrogen) atoms. The molecule has 0 aliphatic carbocycles. The molecule has 0 radical (unpaired) electrons. The van der Waals surface area contributed by atoms with Gasteiger partial charge in [-0.1, -0.05) is 30.3 Å². The SMILES string of the molecule is N#CCCC(C#N)CNN=Cc1ccccc1. The first-order valence-corrected chi connectivity index (χ1v) is 5.44. The van der Waals surface area contributed by atoms with Gasteiger partial charge in [-0.15, -0.1) is 0 Å². The van der Waals surface area contributed by atoms with E-state index in [0.717, 1.165) is 5.56 Å². The van der Waals surface area contributed by atoms with Crippen LogP contribution in [0.5, 0.6) is 0 Å². The van der Waals surface area contributed by atoms with Gasteiger partial charge in [0, 0.05) is 13.0 Å². The molecule has 0 saturated carbocycles. The van der Waals surface area contributed by atoms with Crippen molar-refractivity contribution in [1.82, 2.24) is 5.43 Å². The summed E-state index contributed by atoms with van der Waals surface area (Å²) < 4.78 is 0. The Labute approximate surface area is 101 Å². The first kappa shape index (κ1) is 12.7. The molecular weight excluding hydrogens is 212 g/mol. The fraction of sp³-hybridized carbons (Fsp3) is 0.308. The molecule has 86 valence electrons. The molecule has 0 amide bonds. The van der Waals surface area contributed by atoms with Crippen molar-refractivity contribution in [3.63, 3.8) is 0 Å². The Bertz CT molecular complexity index is 425. The van der Waals surface area contributed by atoms with Crippen molar-refractivity contribution in [2.24, 2.45) is 11.0 Å². The highest BCUT2D eigenvalue weighted by Crippen LogP contribution is 2.02. The minimum atomic E-state index is -0.164. The molecule has 0 aliphatic rings. The third-order valence-electron chi connectivity index (χ3n) is 2.23. The molecule has 1 rings (SSSR count). The average Bonchev–Trinajstić information content (AvgIpc) is 2.39. The second kappa shape index (κ2) is 7.90. The number of nitriles is 2. The molecule has 0 aromatic heterocycles. The Balaban J connectivity index is 2.30. The van der Waals surface area contributed by atoms with Crippen LogP contribution in [-0.2, 0) is 0 Å². The summed E-state index contributed by atoms with van der Waals surface area (Å²) in [5, 5.41) is 21.3. The van der Waals surface area contributed by atoms with Gasteiger partial charge in [0.1, 0.15) is 0 Å². The van der Waals surface area contributed by atoms with Gasteiger partial charge < -0.3 is 5.43 Å². The summed E-state index contributed by atoms with van der Waals surface area (Å²) in [5.74, 6) is -0.164. The monoisotopic (exact) mass is 226 g/mol. The molecule has 1 atom stereocenters. The summed E-state index contributed by atoms with van der Waals surface area (Å²) in [6.07, 6.45) is 2.70. The maximum atomic E-state index is 8.82.